The van der Waals surface area contributed by atoms with E-state index in [-0.39, 0.29) is 12.1 Å². The molecule has 1 aliphatic rings. The zero-order valence-corrected chi connectivity index (χ0v) is 17.7. The molecule has 0 aromatic carbocycles. The molecule has 0 radical (unpaired) electrons. The van der Waals surface area contributed by atoms with Crippen LogP contribution in [0, 0.1) is 0 Å². The molecule has 0 spiro atoms. The van der Waals surface area contributed by atoms with Crippen LogP contribution in [0.5, 0.6) is 0 Å². The molecule has 1 fully saturated rings. The number of hydrogen-bond donors (Lipinski definition) is 0. The van der Waals surface area contributed by atoms with E-state index in [1.54, 1.807) is 0 Å². The summed E-state index contributed by atoms with van der Waals surface area (Å²) in [6.07, 6.45) is 29.2. The minimum absolute atomic E-state index is 0.0165. The van der Waals surface area contributed by atoms with Gasteiger partial charge in [0.15, 0.2) is 6.10 Å². The zero-order valence-electron chi connectivity index (χ0n) is 17.7. The molecule has 1 rings (SSSR count). The number of rotatable bonds is 21. The summed E-state index contributed by atoms with van der Waals surface area (Å²) < 4.78 is 4.82. The van der Waals surface area contributed by atoms with Crippen LogP contribution in [0.2, 0.25) is 0 Å². The maximum atomic E-state index is 10.7. The Bertz CT molecular complexity index is 313. The topological polar surface area (TPSA) is 29.6 Å². The van der Waals surface area contributed by atoms with Crippen molar-refractivity contribution in [3.05, 3.63) is 0 Å². The van der Waals surface area contributed by atoms with E-state index in [4.69, 9.17) is 4.74 Å². The lowest BCUT2D eigenvalue weighted by Crippen LogP contribution is -1.88. The molecule has 1 aliphatic heterocycles. The van der Waals surface area contributed by atoms with Gasteiger partial charge in [-0.3, -0.25) is 0 Å². The fourth-order valence-electron chi connectivity index (χ4n) is 3.87. The second-order valence-electron chi connectivity index (χ2n) is 8.43. The number of hydrogen-bond acceptors (Lipinski definition) is 2. The minimum atomic E-state index is -0.0226. The molecular weight excluding hydrogens is 320 g/mol. The summed E-state index contributed by atoms with van der Waals surface area (Å²) in [5.74, 6) is 0.0165. The lowest BCUT2D eigenvalue weighted by Gasteiger charge is -2.04. The van der Waals surface area contributed by atoms with Crippen LogP contribution in [-0.4, -0.2) is 12.1 Å². The normalized spacial score (nSPS) is 16.0. The van der Waals surface area contributed by atoms with Crippen molar-refractivity contribution in [1.82, 2.24) is 0 Å². The van der Waals surface area contributed by atoms with Gasteiger partial charge in [0.25, 0.3) is 0 Å². The molecule has 1 atom stereocenters. The predicted molar refractivity (Wildman–Crippen MR) is 113 cm³/mol. The third kappa shape index (κ3) is 15.7. The van der Waals surface area contributed by atoms with Crippen molar-refractivity contribution in [2.75, 3.05) is 0 Å². The first-order chi connectivity index (χ1) is 12.8. The predicted octanol–water partition coefficient (Wildman–Crippen LogP) is 8.12. The summed E-state index contributed by atoms with van der Waals surface area (Å²) in [4.78, 5) is 10.7. The van der Waals surface area contributed by atoms with Gasteiger partial charge < -0.3 is 4.74 Å². The van der Waals surface area contributed by atoms with Crippen molar-refractivity contribution in [3.8, 4) is 0 Å². The highest BCUT2D eigenvalue weighted by Crippen LogP contribution is 2.20. The molecule has 154 valence electrons. The van der Waals surface area contributed by atoms with E-state index >= 15 is 0 Å². The van der Waals surface area contributed by atoms with Crippen LogP contribution in [-0.2, 0) is 9.53 Å². The first kappa shape index (κ1) is 23.5. The van der Waals surface area contributed by atoms with Gasteiger partial charge >= 0.3 is 5.97 Å². The Hall–Kier alpha value is -0.530. The summed E-state index contributed by atoms with van der Waals surface area (Å²) in [6.45, 7) is 2.29. The zero-order chi connectivity index (χ0) is 18.7. The van der Waals surface area contributed by atoms with Crippen molar-refractivity contribution in [2.24, 2.45) is 0 Å². The van der Waals surface area contributed by atoms with E-state index in [9.17, 15) is 4.79 Å². The van der Waals surface area contributed by atoms with Crippen LogP contribution in [0.3, 0.4) is 0 Å². The Morgan fingerprint density at radius 1 is 0.538 bits per heavy atom. The molecule has 0 aliphatic carbocycles. The first-order valence-corrected chi connectivity index (χ1v) is 12.0. The van der Waals surface area contributed by atoms with E-state index in [0.29, 0.717) is 0 Å². The lowest BCUT2D eigenvalue weighted by molar-refractivity contribution is -0.117. The summed E-state index contributed by atoms with van der Waals surface area (Å²) in [7, 11) is 0. The summed E-state index contributed by atoms with van der Waals surface area (Å²) in [5, 5.41) is 0. The van der Waals surface area contributed by atoms with Gasteiger partial charge in [-0.05, 0) is 12.8 Å². The molecule has 1 unspecified atom stereocenters. The average Bonchev–Trinajstić information content (AvgIpc) is 3.35. The molecule has 2 heteroatoms. The Labute approximate surface area is 163 Å². The highest BCUT2D eigenvalue weighted by Gasteiger charge is 2.36. The Morgan fingerprint density at radius 3 is 1.08 bits per heavy atom. The molecular formula is C24H46O2. The third-order valence-electron chi connectivity index (χ3n) is 5.78. The molecule has 0 bridgehead atoms. The minimum Gasteiger partial charge on any atom is -0.448 e. The summed E-state index contributed by atoms with van der Waals surface area (Å²) >= 11 is 0. The third-order valence-corrected chi connectivity index (χ3v) is 5.78. The molecule has 1 heterocycles. The maximum absolute atomic E-state index is 10.7. The number of carbonyl (C=O) groups excluding carboxylic acids is 1. The number of epoxide rings is 1. The molecule has 0 aromatic rings. The fraction of sp³-hybridized carbons (Fsp3) is 0.958. The molecule has 2 nitrogen and oxygen atoms in total. The number of unbranched alkanes of at least 4 members (excludes halogenated alkanes) is 19. The monoisotopic (exact) mass is 366 g/mol. The van der Waals surface area contributed by atoms with Crippen LogP contribution in [0.1, 0.15) is 142 Å². The molecule has 0 amide bonds. The summed E-state index contributed by atoms with van der Waals surface area (Å²) in [6, 6.07) is 0. The van der Waals surface area contributed by atoms with E-state index < -0.39 is 0 Å². The highest BCUT2D eigenvalue weighted by atomic mass is 16.6. The lowest BCUT2D eigenvalue weighted by atomic mass is 10.0. The molecule has 26 heavy (non-hydrogen) atoms. The molecule has 1 saturated heterocycles. The van der Waals surface area contributed by atoms with Gasteiger partial charge in [0.1, 0.15) is 0 Å². The number of ether oxygens (including phenoxy) is 1. The average molecular weight is 367 g/mol. The van der Waals surface area contributed by atoms with Gasteiger partial charge in [-0.1, -0.05) is 129 Å². The number of cyclic esters (lactones) is 1. The van der Waals surface area contributed by atoms with Crippen LogP contribution < -0.4 is 0 Å². The van der Waals surface area contributed by atoms with Gasteiger partial charge in [-0.15, -0.1) is 0 Å². The van der Waals surface area contributed by atoms with E-state index in [1.165, 1.54) is 122 Å². The Kier molecular flexibility index (Phi) is 16.2. The SMILES string of the molecule is CCCCCCCCCCCCCCCCCCCCCCC1OC1=O. The van der Waals surface area contributed by atoms with E-state index in [0.717, 1.165) is 12.8 Å². The molecule has 0 saturated carbocycles. The van der Waals surface area contributed by atoms with Crippen LogP contribution in [0.4, 0.5) is 0 Å². The van der Waals surface area contributed by atoms with Crippen molar-refractivity contribution in [1.29, 1.82) is 0 Å². The van der Waals surface area contributed by atoms with E-state index in [1.807, 2.05) is 0 Å². The summed E-state index contributed by atoms with van der Waals surface area (Å²) in [5.41, 5.74) is 0. The molecule has 0 aromatic heterocycles. The largest absolute Gasteiger partial charge is 0.448 e. The van der Waals surface area contributed by atoms with Crippen molar-refractivity contribution in [2.45, 2.75) is 148 Å². The second-order valence-corrected chi connectivity index (χ2v) is 8.43. The van der Waals surface area contributed by atoms with Crippen molar-refractivity contribution >= 4 is 5.97 Å². The van der Waals surface area contributed by atoms with Gasteiger partial charge in [0.2, 0.25) is 0 Å². The van der Waals surface area contributed by atoms with Crippen LogP contribution >= 0.6 is 0 Å². The van der Waals surface area contributed by atoms with Crippen LogP contribution in [0.15, 0.2) is 0 Å². The van der Waals surface area contributed by atoms with Crippen molar-refractivity contribution < 1.29 is 9.53 Å². The first-order valence-electron chi connectivity index (χ1n) is 12.0. The highest BCUT2D eigenvalue weighted by molar-refractivity contribution is 5.87. The maximum Gasteiger partial charge on any atom is 0.348 e. The quantitative estimate of drug-likeness (QED) is 0.152. The number of carbonyl (C=O) groups is 1. The molecule has 0 N–H and O–H groups in total. The van der Waals surface area contributed by atoms with Gasteiger partial charge in [-0.2, -0.15) is 0 Å². The van der Waals surface area contributed by atoms with E-state index in [2.05, 4.69) is 6.92 Å². The Morgan fingerprint density at radius 2 is 0.808 bits per heavy atom. The van der Waals surface area contributed by atoms with Gasteiger partial charge in [0, 0.05) is 0 Å². The smallest absolute Gasteiger partial charge is 0.348 e. The Balaban J connectivity index is 1.61. The van der Waals surface area contributed by atoms with Crippen molar-refractivity contribution in [3.63, 3.8) is 0 Å². The fourth-order valence-corrected chi connectivity index (χ4v) is 3.87. The standard InChI is InChI=1S/C24H46O2/c1-2-3-4-5-6-7-8-9-10-11-12-13-14-15-16-17-18-19-20-21-22-23-24(25)26-23/h23H,2-22H2,1H3. The van der Waals surface area contributed by atoms with Gasteiger partial charge in [0.05, 0.1) is 0 Å². The van der Waals surface area contributed by atoms with Crippen LogP contribution in [0.25, 0.3) is 0 Å². The van der Waals surface area contributed by atoms with Gasteiger partial charge in [-0.25, -0.2) is 4.79 Å². The second kappa shape index (κ2) is 17.9.